The van der Waals surface area contributed by atoms with Crippen molar-refractivity contribution in [1.29, 1.82) is 0 Å². The molecule has 4 aromatic carbocycles. The highest BCUT2D eigenvalue weighted by molar-refractivity contribution is 6.36. The number of aliphatic hydroxyl groups is 1. The van der Waals surface area contributed by atoms with E-state index >= 15 is 0 Å². The van der Waals surface area contributed by atoms with Gasteiger partial charge in [-0.15, -0.1) is 0 Å². The van der Waals surface area contributed by atoms with E-state index in [0.717, 1.165) is 21.9 Å². The van der Waals surface area contributed by atoms with Crippen molar-refractivity contribution >= 4 is 57.2 Å². The molecule has 176 valence electrons. The number of nitrogens with zero attached hydrogens (tertiary/aromatic N) is 1. The molecule has 0 fully saturated rings. The van der Waals surface area contributed by atoms with Crippen molar-refractivity contribution in [1.82, 2.24) is 4.98 Å². The van der Waals surface area contributed by atoms with Crippen molar-refractivity contribution in [3.05, 3.63) is 135 Å². The maximum Gasteiger partial charge on any atom is 0.146 e. The lowest BCUT2D eigenvalue weighted by molar-refractivity contribution is 0.221. The van der Waals surface area contributed by atoms with E-state index in [1.807, 2.05) is 42.5 Å². The van der Waals surface area contributed by atoms with Crippen LogP contribution < -0.4 is 4.74 Å². The van der Waals surface area contributed by atoms with Crippen LogP contribution in [0.4, 0.5) is 0 Å². The number of ether oxygens (including phenoxy) is 1. The third-order valence-electron chi connectivity index (χ3n) is 5.13. The monoisotopic (exact) mass is 541 g/mol. The summed E-state index contributed by atoms with van der Waals surface area (Å²) in [4.78, 5) is 4.05. The smallest absolute Gasteiger partial charge is 0.146 e. The lowest BCUT2D eigenvalue weighted by atomic mass is 9.97. The van der Waals surface area contributed by atoms with Crippen LogP contribution in [0.15, 0.2) is 103 Å². The molecule has 7 heteroatoms. The molecule has 1 N–H and O–H groups in total. The van der Waals surface area contributed by atoms with E-state index < -0.39 is 6.10 Å². The van der Waals surface area contributed by atoms with Gasteiger partial charge in [0.25, 0.3) is 0 Å². The molecule has 1 atom stereocenters. The molecule has 0 radical (unpaired) electrons. The second-order valence-electron chi connectivity index (χ2n) is 7.51. The molecule has 0 saturated carbocycles. The maximum atomic E-state index is 10.4. The summed E-state index contributed by atoms with van der Waals surface area (Å²) in [5.74, 6) is 0.973. The first-order valence-electron chi connectivity index (χ1n) is 10.6. The Morgan fingerprint density at radius 3 is 1.91 bits per heavy atom. The van der Waals surface area contributed by atoms with Gasteiger partial charge in [-0.3, -0.25) is 4.98 Å². The molecule has 0 amide bonds. The van der Waals surface area contributed by atoms with Crippen LogP contribution in [0, 0.1) is 0 Å². The lowest BCUT2D eigenvalue weighted by Crippen LogP contribution is -2.00. The Balaban J connectivity index is 0.000000165. The van der Waals surface area contributed by atoms with Crippen molar-refractivity contribution in [2.75, 3.05) is 0 Å². The van der Waals surface area contributed by atoms with Crippen LogP contribution in [0.2, 0.25) is 20.1 Å². The van der Waals surface area contributed by atoms with E-state index in [4.69, 9.17) is 51.1 Å². The molecule has 1 aromatic heterocycles. The minimum atomic E-state index is -0.634. The molecule has 0 spiro atoms. The Hall–Kier alpha value is -2.79. The molecular weight excluding hydrogens is 524 g/mol. The van der Waals surface area contributed by atoms with E-state index in [9.17, 15) is 5.11 Å². The Morgan fingerprint density at radius 2 is 1.31 bits per heavy atom. The van der Waals surface area contributed by atoms with Crippen molar-refractivity contribution < 1.29 is 9.84 Å². The van der Waals surface area contributed by atoms with Crippen molar-refractivity contribution in [2.24, 2.45) is 0 Å². The number of hydrogen-bond donors (Lipinski definition) is 1. The molecule has 0 aliphatic heterocycles. The predicted molar refractivity (Wildman–Crippen MR) is 145 cm³/mol. The van der Waals surface area contributed by atoms with Crippen LogP contribution >= 0.6 is 46.4 Å². The molecule has 0 saturated heterocycles. The highest BCUT2D eigenvalue weighted by Crippen LogP contribution is 2.36. The Kier molecular flexibility index (Phi) is 8.50. The summed E-state index contributed by atoms with van der Waals surface area (Å²) in [5, 5.41) is 14.6. The zero-order valence-electron chi connectivity index (χ0n) is 18.2. The first-order chi connectivity index (χ1) is 16.9. The summed E-state index contributed by atoms with van der Waals surface area (Å²) in [6.07, 6.45) is 2.77. The quantitative estimate of drug-likeness (QED) is 0.246. The highest BCUT2D eigenvalue weighted by Gasteiger charge is 2.13. The number of hydrogen-bond acceptors (Lipinski definition) is 3. The molecule has 0 aliphatic carbocycles. The minimum Gasteiger partial charge on any atom is -0.454 e. The van der Waals surface area contributed by atoms with Crippen LogP contribution in [0.3, 0.4) is 0 Å². The zero-order valence-corrected chi connectivity index (χ0v) is 21.2. The van der Waals surface area contributed by atoms with Gasteiger partial charge < -0.3 is 9.84 Å². The molecule has 3 nitrogen and oxygen atoms in total. The average molecular weight is 543 g/mol. The summed E-state index contributed by atoms with van der Waals surface area (Å²) in [7, 11) is 0. The van der Waals surface area contributed by atoms with Gasteiger partial charge in [-0.05, 0) is 58.8 Å². The summed E-state index contributed by atoms with van der Waals surface area (Å²) >= 11 is 23.5. The molecule has 0 bridgehead atoms. The third-order valence-corrected chi connectivity index (χ3v) is 6.19. The number of fused-ring (bicyclic) bond motifs is 1. The second-order valence-corrected chi connectivity index (χ2v) is 9.20. The summed E-state index contributed by atoms with van der Waals surface area (Å²) < 4.78 is 5.57. The van der Waals surface area contributed by atoms with Crippen LogP contribution in [0.1, 0.15) is 17.2 Å². The summed E-state index contributed by atoms with van der Waals surface area (Å²) in [6, 6.07) is 27.7. The van der Waals surface area contributed by atoms with Gasteiger partial charge in [0.05, 0.1) is 10.0 Å². The van der Waals surface area contributed by atoms with E-state index in [-0.39, 0.29) is 0 Å². The van der Waals surface area contributed by atoms with Gasteiger partial charge in [0.1, 0.15) is 17.6 Å². The van der Waals surface area contributed by atoms with Crippen molar-refractivity contribution in [2.45, 2.75) is 6.10 Å². The maximum absolute atomic E-state index is 10.4. The number of benzene rings is 4. The SMILES string of the molecule is Clc1ccc(Oc2ccc(Cl)cc2Cl)c(Cl)c1.OC(c1cccnc1)c1cccc2ccccc12. The van der Waals surface area contributed by atoms with Gasteiger partial charge in [0, 0.05) is 28.0 Å². The van der Waals surface area contributed by atoms with E-state index in [2.05, 4.69) is 17.1 Å². The largest absolute Gasteiger partial charge is 0.454 e. The molecule has 35 heavy (non-hydrogen) atoms. The lowest BCUT2D eigenvalue weighted by Gasteiger charge is -2.13. The van der Waals surface area contributed by atoms with Crippen molar-refractivity contribution in [3.8, 4) is 11.5 Å². The summed E-state index contributed by atoms with van der Waals surface area (Å²) in [6.45, 7) is 0. The molecule has 1 heterocycles. The first-order valence-corrected chi connectivity index (χ1v) is 12.1. The van der Waals surface area contributed by atoms with Gasteiger partial charge >= 0.3 is 0 Å². The number of aliphatic hydroxyl groups excluding tert-OH is 1. The Labute approximate surface area is 223 Å². The van der Waals surface area contributed by atoms with Crippen LogP contribution in [-0.4, -0.2) is 10.1 Å². The zero-order chi connectivity index (χ0) is 24.8. The van der Waals surface area contributed by atoms with Crippen LogP contribution in [0.5, 0.6) is 11.5 Å². The van der Waals surface area contributed by atoms with Crippen LogP contribution in [-0.2, 0) is 0 Å². The highest BCUT2D eigenvalue weighted by atomic mass is 35.5. The Bertz CT molecular complexity index is 1390. The normalized spacial score (nSPS) is 11.5. The average Bonchev–Trinajstić information content (AvgIpc) is 2.87. The van der Waals surface area contributed by atoms with E-state index in [1.54, 1.807) is 48.8 Å². The van der Waals surface area contributed by atoms with Gasteiger partial charge in [-0.1, -0.05) is 94.9 Å². The first kappa shape index (κ1) is 25.3. The molecular formula is C28H19Cl4NO2. The predicted octanol–water partition coefficient (Wildman–Crippen LogP) is 9.41. The van der Waals surface area contributed by atoms with Crippen LogP contribution in [0.25, 0.3) is 10.8 Å². The van der Waals surface area contributed by atoms with Gasteiger partial charge in [0.2, 0.25) is 0 Å². The Morgan fingerprint density at radius 1 is 0.686 bits per heavy atom. The number of halogens is 4. The molecule has 5 aromatic rings. The fourth-order valence-corrected chi connectivity index (χ4v) is 4.33. The van der Waals surface area contributed by atoms with Gasteiger partial charge in [-0.25, -0.2) is 0 Å². The third kappa shape index (κ3) is 6.46. The molecule has 1 unspecified atom stereocenters. The minimum absolute atomic E-state index is 0.420. The van der Waals surface area contributed by atoms with Gasteiger partial charge in [0.15, 0.2) is 0 Å². The van der Waals surface area contributed by atoms with E-state index in [0.29, 0.717) is 31.6 Å². The van der Waals surface area contributed by atoms with Crippen molar-refractivity contribution in [3.63, 3.8) is 0 Å². The topological polar surface area (TPSA) is 42.4 Å². The number of pyridine rings is 1. The number of rotatable bonds is 4. The van der Waals surface area contributed by atoms with Gasteiger partial charge in [-0.2, -0.15) is 0 Å². The standard InChI is InChI=1S/C16H13NO.C12H6Cl4O/c18-16(13-7-4-10-17-11-13)15-9-3-6-12-5-1-2-8-14(12)15;13-7-1-3-11(9(15)5-7)17-12-4-2-8(14)6-10(12)16/h1-11,16,18H;1-6H. The fraction of sp³-hybridized carbons (Fsp3) is 0.0357. The second kappa shape index (κ2) is 11.8. The van der Waals surface area contributed by atoms with E-state index in [1.165, 1.54) is 0 Å². The fourth-order valence-electron chi connectivity index (χ4n) is 3.44. The molecule has 5 rings (SSSR count). The molecule has 0 aliphatic rings. The summed E-state index contributed by atoms with van der Waals surface area (Å²) in [5.41, 5.74) is 1.73. The number of aromatic nitrogens is 1.